The van der Waals surface area contributed by atoms with Gasteiger partial charge >= 0.3 is 5.97 Å². The number of rotatable bonds is 10. The third-order valence-electron chi connectivity index (χ3n) is 10.6. The summed E-state index contributed by atoms with van der Waals surface area (Å²) in [5.41, 5.74) is 8.17. The van der Waals surface area contributed by atoms with E-state index in [1.165, 1.54) is 7.11 Å². The maximum Gasteiger partial charge on any atom is 0.316 e. The lowest BCUT2D eigenvalue weighted by molar-refractivity contribution is -0.144. The average Bonchev–Trinajstić information content (AvgIpc) is 3.68. The minimum absolute atomic E-state index is 0.0510. The fraction of sp³-hybridized carbons (Fsp3) is 0.629. The molecule has 3 aliphatic heterocycles. The fourth-order valence-electron chi connectivity index (χ4n) is 8.14. The summed E-state index contributed by atoms with van der Waals surface area (Å²) in [5, 5.41) is 12.5. The number of methoxy groups -OCH3 is 1. The van der Waals surface area contributed by atoms with Crippen molar-refractivity contribution in [2.75, 3.05) is 53.7 Å². The van der Waals surface area contributed by atoms with E-state index in [0.717, 1.165) is 94.7 Å². The molecule has 3 aromatic rings. The van der Waals surface area contributed by atoms with Gasteiger partial charge in [-0.25, -0.2) is 4.98 Å². The smallest absolute Gasteiger partial charge is 0.316 e. The summed E-state index contributed by atoms with van der Waals surface area (Å²) in [6, 6.07) is 8.61. The Hall–Kier alpha value is -3.84. The molecule has 14 heteroatoms. The second kappa shape index (κ2) is 14.6. The topological polar surface area (TPSA) is 145 Å². The molecule has 3 atom stereocenters. The Kier molecular flexibility index (Phi) is 10.00. The Morgan fingerprint density at radius 1 is 0.939 bits per heavy atom. The van der Waals surface area contributed by atoms with Gasteiger partial charge in [-0.3, -0.25) is 4.79 Å². The highest BCUT2D eigenvalue weighted by atomic mass is 35.5. The summed E-state index contributed by atoms with van der Waals surface area (Å²) >= 11 is 6.14. The predicted molar refractivity (Wildman–Crippen MR) is 186 cm³/mol. The molecule has 0 radical (unpaired) electrons. The van der Waals surface area contributed by atoms with Crippen molar-refractivity contribution >= 4 is 40.6 Å². The van der Waals surface area contributed by atoms with Crippen LogP contribution in [0.25, 0.3) is 0 Å². The van der Waals surface area contributed by atoms with Crippen LogP contribution in [-0.4, -0.2) is 90.0 Å². The Morgan fingerprint density at radius 3 is 2.33 bits per heavy atom. The van der Waals surface area contributed by atoms with Crippen LogP contribution in [0, 0.1) is 5.92 Å². The molecular formula is C35H47ClN8O5. The zero-order chi connectivity index (χ0) is 34.1. The molecule has 0 amide bonds. The fourth-order valence-corrected chi connectivity index (χ4v) is 8.28. The summed E-state index contributed by atoms with van der Waals surface area (Å²) in [4.78, 5) is 23.9. The van der Waals surface area contributed by atoms with Crippen LogP contribution >= 0.6 is 11.6 Å². The minimum Gasteiger partial charge on any atom is -0.474 e. The van der Waals surface area contributed by atoms with Crippen LogP contribution in [0.15, 0.2) is 35.0 Å². The van der Waals surface area contributed by atoms with Crippen molar-refractivity contribution in [2.24, 2.45) is 5.92 Å². The quantitative estimate of drug-likeness (QED) is 0.276. The normalized spacial score (nSPS) is 25.1. The zero-order valence-electron chi connectivity index (χ0n) is 28.5. The van der Waals surface area contributed by atoms with Crippen LogP contribution in [0.2, 0.25) is 5.15 Å². The Bertz CT molecular complexity index is 1580. The molecule has 3 aromatic heterocycles. The van der Waals surface area contributed by atoms with E-state index in [0.29, 0.717) is 34.7 Å². The molecule has 6 heterocycles. The number of ether oxygens (including phenoxy) is 3. The first-order valence-electron chi connectivity index (χ1n) is 17.6. The number of piperazine rings is 1. The van der Waals surface area contributed by atoms with E-state index in [1.54, 1.807) is 0 Å². The lowest BCUT2D eigenvalue weighted by Gasteiger charge is -2.43. The maximum absolute atomic E-state index is 12.3. The van der Waals surface area contributed by atoms with Crippen LogP contribution in [0.1, 0.15) is 76.9 Å². The summed E-state index contributed by atoms with van der Waals surface area (Å²) in [6.07, 6.45) is 10.4. The molecular weight excluding hydrogens is 648 g/mol. The van der Waals surface area contributed by atoms with Crippen molar-refractivity contribution in [1.29, 1.82) is 0 Å². The molecule has 1 saturated carbocycles. The highest BCUT2D eigenvalue weighted by molar-refractivity contribution is 6.29. The van der Waals surface area contributed by atoms with Gasteiger partial charge in [0.15, 0.2) is 22.5 Å². The highest BCUT2D eigenvalue weighted by Gasteiger charge is 2.41. The van der Waals surface area contributed by atoms with Crippen molar-refractivity contribution in [3.8, 4) is 5.88 Å². The Morgan fingerprint density at radius 2 is 1.63 bits per heavy atom. The van der Waals surface area contributed by atoms with Crippen LogP contribution in [0.5, 0.6) is 5.88 Å². The molecule has 3 unspecified atom stereocenters. The predicted octanol–water partition coefficient (Wildman–Crippen LogP) is 5.24. The number of esters is 1. The number of nitrogens with zero attached hydrogens (tertiary/aromatic N) is 7. The number of hydrogen-bond donors (Lipinski definition) is 1. The van der Waals surface area contributed by atoms with E-state index in [1.807, 2.05) is 32.2 Å². The van der Waals surface area contributed by atoms with Crippen LogP contribution in [0.4, 0.5) is 23.0 Å². The van der Waals surface area contributed by atoms with Gasteiger partial charge in [-0.1, -0.05) is 30.6 Å². The van der Waals surface area contributed by atoms with Crippen LogP contribution in [0.3, 0.4) is 0 Å². The lowest BCUT2D eigenvalue weighted by Crippen LogP contribution is -2.54. The van der Waals surface area contributed by atoms with E-state index >= 15 is 0 Å². The SMILES string of the molecule is COC(=O)C(c1cc(N2CCC(O[C@H]3CC[C@@H](Oc4cc(N5C6CCC5CN(c5cc(Cl)nnc5N)C6)ccn4)CC3)CC2)no1)C(C)C. The molecule has 4 aliphatic rings. The van der Waals surface area contributed by atoms with Gasteiger partial charge in [-0.15, -0.1) is 10.2 Å². The third-order valence-corrected chi connectivity index (χ3v) is 10.8. The number of nitrogens with two attached hydrogens (primary N) is 1. The van der Waals surface area contributed by atoms with Crippen LogP contribution in [-0.2, 0) is 14.3 Å². The number of anilines is 4. The number of nitrogen functional groups attached to an aromatic ring is 1. The van der Waals surface area contributed by atoms with Crippen molar-refractivity contribution < 1.29 is 23.5 Å². The minimum atomic E-state index is -0.458. The van der Waals surface area contributed by atoms with E-state index in [2.05, 4.69) is 47.2 Å². The van der Waals surface area contributed by atoms with E-state index < -0.39 is 5.92 Å². The Labute approximate surface area is 292 Å². The van der Waals surface area contributed by atoms with E-state index in [9.17, 15) is 4.79 Å². The van der Waals surface area contributed by atoms with Gasteiger partial charge in [0.25, 0.3) is 0 Å². The first-order chi connectivity index (χ1) is 23.7. The van der Waals surface area contributed by atoms with Gasteiger partial charge in [0.1, 0.15) is 12.0 Å². The molecule has 4 fully saturated rings. The number of aromatic nitrogens is 4. The molecule has 49 heavy (non-hydrogen) atoms. The van der Waals surface area contributed by atoms with Gasteiger partial charge in [-0.2, -0.15) is 0 Å². The average molecular weight is 695 g/mol. The number of piperidine rings is 1. The highest BCUT2D eigenvalue weighted by Crippen LogP contribution is 2.39. The van der Waals surface area contributed by atoms with E-state index in [-0.39, 0.29) is 30.2 Å². The number of pyridine rings is 1. The second-order valence-electron chi connectivity index (χ2n) is 14.2. The van der Waals surface area contributed by atoms with Gasteiger partial charge in [-0.05, 0) is 63.4 Å². The monoisotopic (exact) mass is 694 g/mol. The molecule has 1 aliphatic carbocycles. The summed E-state index contributed by atoms with van der Waals surface area (Å²) in [5.74, 6) is 1.72. The van der Waals surface area contributed by atoms with Gasteiger partial charge in [0, 0.05) is 68.3 Å². The first-order valence-corrected chi connectivity index (χ1v) is 18.0. The first kappa shape index (κ1) is 33.6. The second-order valence-corrected chi connectivity index (χ2v) is 14.5. The van der Waals surface area contributed by atoms with Crippen molar-refractivity contribution in [3.05, 3.63) is 41.4 Å². The molecule has 7 rings (SSSR count). The number of hydrogen-bond acceptors (Lipinski definition) is 13. The largest absolute Gasteiger partial charge is 0.474 e. The van der Waals surface area contributed by atoms with Gasteiger partial charge in [0.05, 0.1) is 25.0 Å². The molecule has 3 saturated heterocycles. The van der Waals surface area contributed by atoms with Gasteiger partial charge in [0.2, 0.25) is 5.88 Å². The number of fused-ring (bicyclic) bond motifs is 2. The number of carbonyl (C=O) groups excluding carboxylic acids is 1. The van der Waals surface area contributed by atoms with Crippen molar-refractivity contribution in [2.45, 2.75) is 102 Å². The molecule has 13 nitrogen and oxygen atoms in total. The number of halogens is 1. The van der Waals surface area contributed by atoms with Crippen LogP contribution < -0.4 is 25.2 Å². The summed E-state index contributed by atoms with van der Waals surface area (Å²) < 4.78 is 23.6. The standard InChI is InChI=1S/C35H47ClN8O5/c1-21(2)33(35(45)46-3)29-18-31(41-49-29)42-14-11-27(12-15-42)47-25-6-8-26(9-7-25)48-32-16-22(10-13-38-32)44-23-4-5-24(44)20-43(19-23)28-17-30(36)39-40-34(28)37/h10,13,16-18,21,23-27,33H,4-9,11-12,14-15,19-20H2,1-3H3,(H2,37,40)/t23?,24?,25-,26+,33?. The summed E-state index contributed by atoms with van der Waals surface area (Å²) in [7, 11) is 1.40. The molecule has 0 spiro atoms. The molecule has 2 bridgehead atoms. The Balaban J connectivity index is 0.870. The molecule has 2 N–H and O–H groups in total. The third kappa shape index (κ3) is 7.38. The zero-order valence-corrected chi connectivity index (χ0v) is 29.3. The number of carbonyl (C=O) groups is 1. The van der Waals surface area contributed by atoms with Crippen molar-refractivity contribution in [3.63, 3.8) is 0 Å². The van der Waals surface area contributed by atoms with Gasteiger partial charge < -0.3 is 39.2 Å². The van der Waals surface area contributed by atoms with Crippen molar-refractivity contribution in [1.82, 2.24) is 20.3 Å². The summed E-state index contributed by atoms with van der Waals surface area (Å²) in [6.45, 7) is 7.32. The maximum atomic E-state index is 12.3. The van der Waals surface area contributed by atoms with E-state index in [4.69, 9.17) is 36.1 Å². The molecule has 0 aromatic carbocycles. The molecule has 264 valence electrons. The lowest BCUT2D eigenvalue weighted by atomic mass is 9.93.